The lowest BCUT2D eigenvalue weighted by Gasteiger charge is -2.35. The second kappa shape index (κ2) is 7.82. The molecule has 2 aliphatic rings. The summed E-state index contributed by atoms with van der Waals surface area (Å²) in [5.74, 6) is 0.447. The number of anilines is 1. The molecule has 1 aromatic carbocycles. The van der Waals surface area contributed by atoms with Gasteiger partial charge in [-0.15, -0.1) is 0 Å². The molecule has 1 atom stereocenters. The Labute approximate surface area is 174 Å². The van der Waals surface area contributed by atoms with Crippen molar-refractivity contribution in [3.05, 3.63) is 71.8 Å². The molecule has 2 aromatic heterocycles. The third-order valence-corrected chi connectivity index (χ3v) is 6.14. The lowest BCUT2D eigenvalue weighted by molar-refractivity contribution is -0.121. The first-order valence-corrected chi connectivity index (χ1v) is 10.5. The molecule has 154 valence electrons. The zero-order valence-corrected chi connectivity index (χ0v) is 16.7. The number of hydrogen-bond donors (Lipinski definition) is 1. The van der Waals surface area contributed by atoms with Crippen molar-refractivity contribution in [1.82, 2.24) is 14.7 Å². The number of rotatable bonds is 4. The average Bonchev–Trinajstić information content (AvgIpc) is 3.54. The maximum absolute atomic E-state index is 13.4. The fourth-order valence-corrected chi connectivity index (χ4v) is 4.58. The standard InChI is InChI=1S/C23H24N4O3/c28-22(25-21-11-12-24-27(21)18-8-3-4-9-18)19-14-16-6-1-2-7-17(16)15-26(19)23(29)20-10-5-13-30-20/h1-2,5-7,10-13,18-19H,3-4,8-9,14-15H2,(H,25,28)/t19-/m0/s1. The minimum atomic E-state index is -0.621. The number of carbonyl (C=O) groups excluding carboxylic acids is 2. The van der Waals surface area contributed by atoms with E-state index in [4.69, 9.17) is 4.42 Å². The predicted octanol–water partition coefficient (Wildman–Crippen LogP) is 3.80. The number of hydrogen-bond acceptors (Lipinski definition) is 4. The van der Waals surface area contributed by atoms with Crippen LogP contribution in [0.5, 0.6) is 0 Å². The number of nitrogens with zero attached hydrogens (tertiary/aromatic N) is 3. The van der Waals surface area contributed by atoms with Crippen LogP contribution >= 0.6 is 0 Å². The highest BCUT2D eigenvalue weighted by Gasteiger charge is 2.36. The van der Waals surface area contributed by atoms with Crippen LogP contribution in [-0.4, -0.2) is 32.5 Å². The maximum Gasteiger partial charge on any atom is 0.290 e. The molecule has 0 radical (unpaired) electrons. The Bertz CT molecular complexity index is 1050. The third kappa shape index (κ3) is 3.40. The third-order valence-electron chi connectivity index (χ3n) is 6.14. The molecule has 1 fully saturated rings. The first-order valence-electron chi connectivity index (χ1n) is 10.5. The summed E-state index contributed by atoms with van der Waals surface area (Å²) in [7, 11) is 0. The first kappa shape index (κ1) is 18.7. The molecule has 7 heteroatoms. The van der Waals surface area contributed by atoms with Gasteiger partial charge < -0.3 is 14.6 Å². The quantitative estimate of drug-likeness (QED) is 0.717. The van der Waals surface area contributed by atoms with Crippen LogP contribution in [0.4, 0.5) is 5.82 Å². The second-order valence-electron chi connectivity index (χ2n) is 7.99. The van der Waals surface area contributed by atoms with Crippen LogP contribution < -0.4 is 5.32 Å². The van der Waals surface area contributed by atoms with E-state index in [1.165, 1.54) is 19.1 Å². The van der Waals surface area contributed by atoms with E-state index in [9.17, 15) is 9.59 Å². The highest BCUT2D eigenvalue weighted by atomic mass is 16.3. The van der Waals surface area contributed by atoms with Crippen LogP contribution in [0.2, 0.25) is 0 Å². The highest BCUT2D eigenvalue weighted by molar-refractivity contribution is 6.00. The van der Waals surface area contributed by atoms with Gasteiger partial charge in [-0.3, -0.25) is 9.59 Å². The molecule has 30 heavy (non-hydrogen) atoms. The summed E-state index contributed by atoms with van der Waals surface area (Å²) in [6.45, 7) is 0.371. The van der Waals surface area contributed by atoms with Crippen LogP contribution in [0, 0.1) is 0 Å². The molecule has 1 aliphatic heterocycles. The normalized spacial score (nSPS) is 18.9. The van der Waals surface area contributed by atoms with E-state index in [2.05, 4.69) is 10.4 Å². The fourth-order valence-electron chi connectivity index (χ4n) is 4.58. The SMILES string of the molecule is O=C(Nc1ccnn1C1CCCC1)[C@@H]1Cc2ccccc2CN1C(=O)c1ccco1. The van der Waals surface area contributed by atoms with Crippen molar-refractivity contribution in [2.45, 2.75) is 50.7 Å². The number of benzene rings is 1. The molecule has 0 saturated heterocycles. The van der Waals surface area contributed by atoms with Gasteiger partial charge in [-0.05, 0) is 36.1 Å². The fraction of sp³-hybridized carbons (Fsp3) is 0.348. The van der Waals surface area contributed by atoms with Crippen molar-refractivity contribution in [3.8, 4) is 0 Å². The molecule has 0 spiro atoms. The molecule has 5 rings (SSSR count). The van der Waals surface area contributed by atoms with E-state index in [1.807, 2.05) is 35.0 Å². The molecule has 1 saturated carbocycles. The zero-order chi connectivity index (χ0) is 20.5. The summed E-state index contributed by atoms with van der Waals surface area (Å²) in [5, 5.41) is 7.47. The summed E-state index contributed by atoms with van der Waals surface area (Å²) in [4.78, 5) is 28.1. The van der Waals surface area contributed by atoms with Gasteiger partial charge in [0, 0.05) is 19.0 Å². The molecule has 0 bridgehead atoms. The number of aromatic nitrogens is 2. The molecule has 7 nitrogen and oxygen atoms in total. The monoisotopic (exact) mass is 404 g/mol. The molecule has 1 N–H and O–H groups in total. The van der Waals surface area contributed by atoms with Crippen molar-refractivity contribution in [1.29, 1.82) is 0 Å². The average molecular weight is 404 g/mol. The Balaban J connectivity index is 1.42. The summed E-state index contributed by atoms with van der Waals surface area (Å²) in [5.41, 5.74) is 2.14. The summed E-state index contributed by atoms with van der Waals surface area (Å²) in [6.07, 6.45) is 8.17. The van der Waals surface area contributed by atoms with E-state index in [0.717, 1.165) is 24.0 Å². The minimum absolute atomic E-state index is 0.204. The smallest absolute Gasteiger partial charge is 0.290 e. The molecule has 3 heterocycles. The number of carbonyl (C=O) groups is 2. The van der Waals surface area contributed by atoms with Crippen LogP contribution in [-0.2, 0) is 17.8 Å². The predicted molar refractivity (Wildman–Crippen MR) is 111 cm³/mol. The number of amides is 2. The maximum atomic E-state index is 13.4. The lowest BCUT2D eigenvalue weighted by Crippen LogP contribution is -2.50. The van der Waals surface area contributed by atoms with E-state index in [0.29, 0.717) is 24.8 Å². The van der Waals surface area contributed by atoms with Gasteiger partial charge in [0.2, 0.25) is 5.91 Å². The Kier molecular flexibility index (Phi) is 4.86. The van der Waals surface area contributed by atoms with E-state index < -0.39 is 6.04 Å². The Morgan fingerprint density at radius 3 is 2.60 bits per heavy atom. The van der Waals surface area contributed by atoms with Crippen LogP contribution in [0.1, 0.15) is 53.4 Å². The van der Waals surface area contributed by atoms with Gasteiger partial charge in [-0.25, -0.2) is 4.68 Å². The van der Waals surface area contributed by atoms with Gasteiger partial charge >= 0.3 is 0 Å². The zero-order valence-electron chi connectivity index (χ0n) is 16.7. The summed E-state index contributed by atoms with van der Waals surface area (Å²) >= 11 is 0. The summed E-state index contributed by atoms with van der Waals surface area (Å²) in [6, 6.07) is 12.8. The van der Waals surface area contributed by atoms with Crippen LogP contribution in [0.3, 0.4) is 0 Å². The lowest BCUT2D eigenvalue weighted by atomic mass is 9.93. The molecule has 2 amide bonds. The van der Waals surface area contributed by atoms with Gasteiger partial charge in [0.1, 0.15) is 11.9 Å². The first-order chi connectivity index (χ1) is 14.7. The van der Waals surface area contributed by atoms with Crippen molar-refractivity contribution >= 4 is 17.6 Å². The highest BCUT2D eigenvalue weighted by Crippen LogP contribution is 2.32. The van der Waals surface area contributed by atoms with Crippen molar-refractivity contribution in [2.24, 2.45) is 0 Å². The van der Waals surface area contributed by atoms with Gasteiger partial charge in [-0.1, -0.05) is 37.1 Å². The van der Waals surface area contributed by atoms with E-state index in [-0.39, 0.29) is 17.6 Å². The van der Waals surface area contributed by atoms with Crippen LogP contribution in [0.15, 0.2) is 59.3 Å². The van der Waals surface area contributed by atoms with E-state index >= 15 is 0 Å². The number of nitrogens with one attached hydrogen (secondary N) is 1. The number of furan rings is 1. The van der Waals surface area contributed by atoms with Crippen molar-refractivity contribution in [2.75, 3.05) is 5.32 Å². The Hall–Kier alpha value is -3.35. The van der Waals surface area contributed by atoms with Gasteiger partial charge in [0.05, 0.1) is 18.5 Å². The van der Waals surface area contributed by atoms with Crippen molar-refractivity contribution < 1.29 is 14.0 Å². The van der Waals surface area contributed by atoms with Crippen LogP contribution in [0.25, 0.3) is 0 Å². The topological polar surface area (TPSA) is 80.4 Å². The molecule has 0 unspecified atom stereocenters. The van der Waals surface area contributed by atoms with Crippen molar-refractivity contribution in [3.63, 3.8) is 0 Å². The van der Waals surface area contributed by atoms with Gasteiger partial charge in [0.15, 0.2) is 5.76 Å². The molecule has 3 aromatic rings. The molecular formula is C23H24N4O3. The van der Waals surface area contributed by atoms with Gasteiger partial charge in [0.25, 0.3) is 5.91 Å². The molecular weight excluding hydrogens is 380 g/mol. The number of fused-ring (bicyclic) bond motifs is 1. The van der Waals surface area contributed by atoms with E-state index in [1.54, 1.807) is 23.2 Å². The summed E-state index contributed by atoms with van der Waals surface area (Å²) < 4.78 is 7.24. The largest absolute Gasteiger partial charge is 0.459 e. The molecule has 1 aliphatic carbocycles. The second-order valence-corrected chi connectivity index (χ2v) is 7.99. The Morgan fingerprint density at radius 2 is 1.83 bits per heavy atom. The minimum Gasteiger partial charge on any atom is -0.459 e. The Morgan fingerprint density at radius 1 is 1.03 bits per heavy atom. The van der Waals surface area contributed by atoms with Gasteiger partial charge in [-0.2, -0.15) is 5.10 Å².